The van der Waals surface area contributed by atoms with Crippen molar-refractivity contribution in [3.63, 3.8) is 0 Å². The molecule has 4 rings (SSSR count). The van der Waals surface area contributed by atoms with E-state index in [1.54, 1.807) is 12.1 Å². The van der Waals surface area contributed by atoms with Crippen LogP contribution in [0.5, 0.6) is 5.75 Å². The number of esters is 1. The number of amides is 1. The summed E-state index contributed by atoms with van der Waals surface area (Å²) in [5, 5.41) is 0. The van der Waals surface area contributed by atoms with E-state index in [-0.39, 0.29) is 17.7 Å². The Balaban J connectivity index is 1.42. The molecule has 3 aromatic rings. The van der Waals surface area contributed by atoms with Crippen LogP contribution in [0.3, 0.4) is 0 Å². The van der Waals surface area contributed by atoms with Gasteiger partial charge in [-0.25, -0.2) is 4.79 Å². The highest BCUT2D eigenvalue weighted by atomic mass is 19.4. The number of rotatable bonds is 6. The molecule has 1 fully saturated rings. The van der Waals surface area contributed by atoms with Crippen LogP contribution in [0, 0.1) is 0 Å². The zero-order chi connectivity index (χ0) is 29.8. The van der Waals surface area contributed by atoms with Gasteiger partial charge in [-0.15, -0.1) is 13.2 Å². The molecule has 10 heteroatoms. The average Bonchev–Trinajstić information content (AvgIpc) is 2.95. The second-order valence-corrected chi connectivity index (χ2v) is 10.9. The fourth-order valence-corrected chi connectivity index (χ4v) is 4.70. The smallest absolute Gasteiger partial charge is 0.462 e. The Hall–Kier alpha value is -4.21. The minimum absolute atomic E-state index is 0.00243. The van der Waals surface area contributed by atoms with Gasteiger partial charge in [0.05, 0.1) is 13.7 Å². The van der Waals surface area contributed by atoms with Crippen LogP contribution in [-0.2, 0) is 26.3 Å². The van der Waals surface area contributed by atoms with Crippen molar-refractivity contribution in [3.05, 3.63) is 83.9 Å². The highest BCUT2D eigenvalue weighted by Gasteiger charge is 2.31. The summed E-state index contributed by atoms with van der Waals surface area (Å²) in [6.45, 7) is 9.36. The van der Waals surface area contributed by atoms with Gasteiger partial charge in [0.2, 0.25) is 0 Å². The molecule has 1 amide bonds. The number of nitrogens with zero attached hydrogens (tertiary/aromatic N) is 3. The van der Waals surface area contributed by atoms with E-state index in [2.05, 4.69) is 35.3 Å². The van der Waals surface area contributed by atoms with Gasteiger partial charge >= 0.3 is 18.2 Å². The van der Waals surface area contributed by atoms with Gasteiger partial charge in [0.25, 0.3) is 0 Å². The average molecular weight is 570 g/mol. The summed E-state index contributed by atoms with van der Waals surface area (Å²) in [5.74, 6) is -1.93. The summed E-state index contributed by atoms with van der Waals surface area (Å²) < 4.78 is 46.0. The number of carbonyl (C=O) groups is 2. The van der Waals surface area contributed by atoms with Gasteiger partial charge in [-0.2, -0.15) is 0 Å². The van der Waals surface area contributed by atoms with Crippen LogP contribution in [0.15, 0.2) is 72.8 Å². The maximum atomic E-state index is 12.9. The number of ether oxygens (including phenoxy) is 2. The van der Waals surface area contributed by atoms with Crippen LogP contribution in [0.1, 0.15) is 31.9 Å². The Bertz CT molecular complexity index is 1330. The van der Waals surface area contributed by atoms with E-state index in [4.69, 9.17) is 4.74 Å². The lowest BCUT2D eigenvalue weighted by molar-refractivity contribution is -0.274. The maximum Gasteiger partial charge on any atom is 0.573 e. The predicted octanol–water partition coefficient (Wildman–Crippen LogP) is 5.92. The van der Waals surface area contributed by atoms with Gasteiger partial charge in [-0.1, -0.05) is 45.0 Å². The number of hydrogen-bond donors (Lipinski definition) is 0. The van der Waals surface area contributed by atoms with E-state index in [1.807, 2.05) is 48.5 Å². The Labute approximate surface area is 238 Å². The number of alkyl halides is 3. The number of hydrogen-bond acceptors (Lipinski definition) is 6. The van der Waals surface area contributed by atoms with Crippen molar-refractivity contribution in [1.29, 1.82) is 0 Å². The van der Waals surface area contributed by atoms with E-state index >= 15 is 0 Å². The maximum absolute atomic E-state index is 12.9. The number of benzene rings is 3. The van der Waals surface area contributed by atoms with E-state index in [0.717, 1.165) is 16.9 Å². The molecule has 0 spiro atoms. The van der Waals surface area contributed by atoms with E-state index in [1.165, 1.54) is 29.7 Å². The molecule has 1 saturated heterocycles. The third-order valence-electron chi connectivity index (χ3n) is 7.01. The van der Waals surface area contributed by atoms with E-state index in [9.17, 15) is 22.8 Å². The van der Waals surface area contributed by atoms with Crippen molar-refractivity contribution in [3.8, 4) is 5.75 Å². The van der Waals surface area contributed by atoms with E-state index < -0.39 is 18.2 Å². The Kier molecular flexibility index (Phi) is 8.80. The first-order chi connectivity index (χ1) is 19.3. The monoisotopic (exact) mass is 569 g/mol. The van der Waals surface area contributed by atoms with Crippen molar-refractivity contribution in [2.24, 2.45) is 0 Å². The number of carbonyl (C=O) groups excluding carboxylic acids is 2. The molecule has 3 aromatic carbocycles. The van der Waals surface area contributed by atoms with E-state index in [0.29, 0.717) is 31.9 Å². The molecule has 1 heterocycles. The van der Waals surface area contributed by atoms with Crippen LogP contribution >= 0.6 is 0 Å². The summed E-state index contributed by atoms with van der Waals surface area (Å²) in [4.78, 5) is 30.8. The lowest BCUT2D eigenvalue weighted by Gasteiger charge is -2.37. The molecule has 0 aromatic heterocycles. The molecular formula is C31H34F3N3O4. The number of methoxy groups -OCH3 is 1. The number of halogens is 3. The molecule has 0 bridgehead atoms. The standard InChI is InChI=1S/C31H34F3N3O4/c1-30(2,3)23-7-5-22(6-8-23)21-37(28(38)29(39)40-4)26-11-9-24(10-12-26)35-17-19-36(20-18-35)25-13-15-27(16-14-25)41-31(32,33)34/h5-16H,17-21H2,1-4H3. The lowest BCUT2D eigenvalue weighted by Crippen LogP contribution is -2.46. The fourth-order valence-electron chi connectivity index (χ4n) is 4.70. The molecule has 0 atom stereocenters. The van der Waals surface area contributed by atoms with Gasteiger partial charge in [-0.3, -0.25) is 9.69 Å². The highest BCUT2D eigenvalue weighted by Crippen LogP contribution is 2.28. The molecule has 0 unspecified atom stereocenters. The molecule has 0 N–H and O–H groups in total. The summed E-state index contributed by atoms with van der Waals surface area (Å²) in [7, 11) is 1.18. The second-order valence-electron chi connectivity index (χ2n) is 10.9. The molecule has 7 nitrogen and oxygen atoms in total. The summed E-state index contributed by atoms with van der Waals surface area (Å²) in [6, 6.07) is 21.3. The second kappa shape index (κ2) is 12.1. The number of piperazine rings is 1. The predicted molar refractivity (Wildman–Crippen MR) is 152 cm³/mol. The number of anilines is 3. The van der Waals surface area contributed by atoms with Gasteiger partial charge in [-0.05, 0) is 65.1 Å². The van der Waals surface area contributed by atoms with Crippen molar-refractivity contribution >= 4 is 28.9 Å². The minimum atomic E-state index is -4.72. The van der Waals surface area contributed by atoms with Gasteiger partial charge in [0.15, 0.2) is 0 Å². The van der Waals surface area contributed by atoms with Crippen molar-refractivity contribution < 1.29 is 32.2 Å². The minimum Gasteiger partial charge on any atom is -0.462 e. The molecule has 1 aliphatic heterocycles. The van der Waals surface area contributed by atoms with Crippen LogP contribution in [-0.4, -0.2) is 51.5 Å². The summed E-state index contributed by atoms with van der Waals surface area (Å²) in [6.07, 6.45) is -4.72. The lowest BCUT2D eigenvalue weighted by atomic mass is 9.87. The summed E-state index contributed by atoms with van der Waals surface area (Å²) >= 11 is 0. The zero-order valence-corrected chi connectivity index (χ0v) is 23.6. The van der Waals surface area contributed by atoms with Crippen LogP contribution in [0.25, 0.3) is 0 Å². The quantitative estimate of drug-likeness (QED) is 0.272. The molecule has 41 heavy (non-hydrogen) atoms. The van der Waals surface area contributed by atoms with Crippen LogP contribution in [0.4, 0.5) is 30.2 Å². The van der Waals surface area contributed by atoms with Gasteiger partial charge in [0.1, 0.15) is 5.75 Å². The van der Waals surface area contributed by atoms with Crippen LogP contribution < -0.4 is 19.4 Å². The van der Waals surface area contributed by atoms with Crippen molar-refractivity contribution in [2.45, 2.75) is 39.1 Å². The molecule has 1 aliphatic rings. The topological polar surface area (TPSA) is 62.3 Å². The zero-order valence-electron chi connectivity index (χ0n) is 23.6. The Morgan fingerprint density at radius 2 is 1.27 bits per heavy atom. The molecular weight excluding hydrogens is 535 g/mol. The first-order valence-corrected chi connectivity index (χ1v) is 13.3. The highest BCUT2D eigenvalue weighted by molar-refractivity contribution is 6.38. The van der Waals surface area contributed by atoms with Gasteiger partial charge < -0.3 is 19.3 Å². The third-order valence-corrected chi connectivity index (χ3v) is 7.01. The summed E-state index contributed by atoms with van der Waals surface area (Å²) in [5.41, 5.74) is 4.41. The van der Waals surface area contributed by atoms with Crippen molar-refractivity contribution in [2.75, 3.05) is 48.0 Å². The van der Waals surface area contributed by atoms with Crippen molar-refractivity contribution in [1.82, 2.24) is 0 Å². The Morgan fingerprint density at radius 1 is 0.780 bits per heavy atom. The molecule has 0 aliphatic carbocycles. The van der Waals surface area contributed by atoms with Gasteiger partial charge in [0, 0.05) is 43.2 Å². The Morgan fingerprint density at radius 3 is 1.71 bits per heavy atom. The molecule has 218 valence electrons. The van der Waals surface area contributed by atoms with Crippen LogP contribution in [0.2, 0.25) is 0 Å². The fraction of sp³-hybridized carbons (Fsp3) is 0.355. The first kappa shape index (κ1) is 29.8. The first-order valence-electron chi connectivity index (χ1n) is 13.3. The third kappa shape index (κ3) is 7.71. The SMILES string of the molecule is COC(=O)C(=O)N(Cc1ccc(C(C)(C)C)cc1)c1ccc(N2CCN(c3ccc(OC(F)(F)F)cc3)CC2)cc1. The normalized spacial score (nSPS) is 14.0. The molecule has 0 saturated carbocycles. The largest absolute Gasteiger partial charge is 0.573 e. The molecule has 0 radical (unpaired) electrons.